The Balaban J connectivity index is 2.69. The van der Waals surface area contributed by atoms with Crippen LogP contribution >= 0.6 is 0 Å². The number of nitrogens with two attached hydrogens (primary N) is 1. The van der Waals surface area contributed by atoms with Crippen molar-refractivity contribution in [3.63, 3.8) is 0 Å². The highest BCUT2D eigenvalue weighted by Gasteiger charge is 2.17. The number of anilines is 2. The van der Waals surface area contributed by atoms with Gasteiger partial charge in [-0.25, -0.2) is 0 Å². The molecule has 0 aromatic heterocycles. The van der Waals surface area contributed by atoms with E-state index in [0.29, 0.717) is 24.1 Å². The lowest BCUT2D eigenvalue weighted by molar-refractivity contribution is -0.119. The Bertz CT molecular complexity index is 430. The largest absolute Gasteiger partial charge is 0.399 e. The van der Waals surface area contributed by atoms with Gasteiger partial charge in [0.25, 0.3) is 0 Å². The minimum atomic E-state index is 0.112. The molecule has 0 aliphatic rings. The fourth-order valence-electron chi connectivity index (χ4n) is 2.38. The Morgan fingerprint density at radius 2 is 1.52 bits per heavy atom. The molecule has 1 rings (SSSR count). The minimum Gasteiger partial charge on any atom is -0.399 e. The molecule has 21 heavy (non-hydrogen) atoms. The zero-order valence-electron chi connectivity index (χ0n) is 14.0. The molecular weight excluding hydrogens is 262 g/mol. The maximum atomic E-state index is 12.5. The number of carbonyl (C=O) groups excluding carboxylic acids is 1. The van der Waals surface area contributed by atoms with Crippen LogP contribution in [0.25, 0.3) is 0 Å². The SMILES string of the molecule is CC(C)CN(CC(=O)N(C)c1ccc(N)cc1)CC(C)C. The van der Waals surface area contributed by atoms with E-state index in [4.69, 9.17) is 5.73 Å². The van der Waals surface area contributed by atoms with Gasteiger partial charge in [0.05, 0.1) is 6.54 Å². The monoisotopic (exact) mass is 291 g/mol. The molecule has 4 nitrogen and oxygen atoms in total. The van der Waals surface area contributed by atoms with Gasteiger partial charge in [-0.1, -0.05) is 27.7 Å². The third-order valence-electron chi connectivity index (χ3n) is 3.26. The first-order valence-corrected chi connectivity index (χ1v) is 7.64. The van der Waals surface area contributed by atoms with Gasteiger partial charge in [0.2, 0.25) is 5.91 Å². The normalized spacial score (nSPS) is 11.4. The van der Waals surface area contributed by atoms with E-state index < -0.39 is 0 Å². The van der Waals surface area contributed by atoms with Crippen LogP contribution < -0.4 is 10.6 Å². The van der Waals surface area contributed by atoms with Gasteiger partial charge in [-0.05, 0) is 36.1 Å². The van der Waals surface area contributed by atoms with Gasteiger partial charge in [-0.3, -0.25) is 9.69 Å². The lowest BCUT2D eigenvalue weighted by Gasteiger charge is -2.27. The van der Waals surface area contributed by atoms with Crippen LogP contribution in [0.3, 0.4) is 0 Å². The summed E-state index contributed by atoms with van der Waals surface area (Å²) < 4.78 is 0. The molecule has 0 saturated heterocycles. The molecule has 4 heteroatoms. The van der Waals surface area contributed by atoms with Crippen molar-refractivity contribution >= 4 is 17.3 Å². The van der Waals surface area contributed by atoms with Gasteiger partial charge in [0.15, 0.2) is 0 Å². The number of amides is 1. The summed E-state index contributed by atoms with van der Waals surface area (Å²) in [5, 5.41) is 0. The van der Waals surface area contributed by atoms with Gasteiger partial charge in [-0.2, -0.15) is 0 Å². The van der Waals surface area contributed by atoms with E-state index in [1.165, 1.54) is 0 Å². The Morgan fingerprint density at radius 3 is 1.95 bits per heavy atom. The highest BCUT2D eigenvalue weighted by Crippen LogP contribution is 2.15. The maximum Gasteiger partial charge on any atom is 0.240 e. The van der Waals surface area contributed by atoms with Crippen molar-refractivity contribution in [2.45, 2.75) is 27.7 Å². The summed E-state index contributed by atoms with van der Waals surface area (Å²) in [5.74, 6) is 1.22. The molecule has 118 valence electrons. The van der Waals surface area contributed by atoms with Crippen molar-refractivity contribution < 1.29 is 4.79 Å². The van der Waals surface area contributed by atoms with E-state index in [1.807, 2.05) is 31.3 Å². The summed E-state index contributed by atoms with van der Waals surface area (Å²) in [6, 6.07) is 7.39. The number of benzene rings is 1. The maximum absolute atomic E-state index is 12.5. The quantitative estimate of drug-likeness (QED) is 0.786. The van der Waals surface area contributed by atoms with Crippen LogP contribution in [0.2, 0.25) is 0 Å². The lowest BCUT2D eigenvalue weighted by atomic mass is 10.1. The molecule has 1 aromatic rings. The number of nitrogen functional groups attached to an aromatic ring is 1. The second-order valence-electron chi connectivity index (χ2n) is 6.53. The standard InChI is InChI=1S/C17H29N3O/c1-13(2)10-20(11-14(3)4)12-17(21)19(5)16-8-6-15(18)7-9-16/h6-9,13-14H,10-12,18H2,1-5H3. The van der Waals surface area contributed by atoms with E-state index in [-0.39, 0.29) is 5.91 Å². The topological polar surface area (TPSA) is 49.6 Å². The Labute approximate surface area is 128 Å². The predicted molar refractivity (Wildman–Crippen MR) is 90.4 cm³/mol. The van der Waals surface area contributed by atoms with Crippen molar-refractivity contribution in [3.05, 3.63) is 24.3 Å². The third kappa shape index (κ3) is 6.17. The van der Waals surface area contributed by atoms with Gasteiger partial charge in [0.1, 0.15) is 0 Å². The second-order valence-corrected chi connectivity index (χ2v) is 6.53. The van der Waals surface area contributed by atoms with Crippen LogP contribution in [0.4, 0.5) is 11.4 Å². The van der Waals surface area contributed by atoms with Gasteiger partial charge in [-0.15, -0.1) is 0 Å². The number of carbonyl (C=O) groups is 1. The molecule has 0 aliphatic carbocycles. The summed E-state index contributed by atoms with van der Waals surface area (Å²) in [6.07, 6.45) is 0. The van der Waals surface area contributed by atoms with Crippen LogP contribution in [0.1, 0.15) is 27.7 Å². The Hall–Kier alpha value is -1.55. The molecule has 2 N–H and O–H groups in total. The van der Waals surface area contributed by atoms with Crippen molar-refractivity contribution in [1.29, 1.82) is 0 Å². The van der Waals surface area contributed by atoms with Crippen LogP contribution in [-0.2, 0) is 4.79 Å². The highest BCUT2D eigenvalue weighted by atomic mass is 16.2. The van der Waals surface area contributed by atoms with Crippen molar-refractivity contribution in [2.24, 2.45) is 11.8 Å². The van der Waals surface area contributed by atoms with E-state index in [1.54, 1.807) is 4.90 Å². The smallest absolute Gasteiger partial charge is 0.240 e. The summed E-state index contributed by atoms with van der Waals surface area (Å²) in [5.41, 5.74) is 7.27. The molecule has 0 heterocycles. The average molecular weight is 291 g/mol. The number of nitrogens with zero attached hydrogens (tertiary/aromatic N) is 2. The van der Waals surface area contributed by atoms with Crippen LogP contribution in [0, 0.1) is 11.8 Å². The molecule has 0 unspecified atom stereocenters. The van der Waals surface area contributed by atoms with Gasteiger partial charge >= 0.3 is 0 Å². The molecule has 0 saturated carbocycles. The first-order valence-electron chi connectivity index (χ1n) is 7.64. The average Bonchev–Trinajstić information content (AvgIpc) is 2.37. The summed E-state index contributed by atoms with van der Waals surface area (Å²) in [4.78, 5) is 16.4. The molecule has 0 bridgehead atoms. The van der Waals surface area contributed by atoms with Crippen LogP contribution in [0.15, 0.2) is 24.3 Å². The Kier molecular flexibility index (Phi) is 6.69. The Morgan fingerprint density at radius 1 is 1.05 bits per heavy atom. The third-order valence-corrected chi connectivity index (χ3v) is 3.26. The van der Waals surface area contributed by atoms with Crippen LogP contribution in [0.5, 0.6) is 0 Å². The zero-order chi connectivity index (χ0) is 16.0. The van der Waals surface area contributed by atoms with E-state index in [0.717, 1.165) is 18.8 Å². The predicted octanol–water partition coefficient (Wildman–Crippen LogP) is 2.85. The first-order chi connectivity index (χ1) is 9.79. The molecule has 0 atom stereocenters. The van der Waals surface area contributed by atoms with Crippen molar-refractivity contribution in [2.75, 3.05) is 37.3 Å². The number of likely N-dealkylation sites (N-methyl/N-ethyl adjacent to an activating group) is 1. The summed E-state index contributed by atoms with van der Waals surface area (Å²) in [7, 11) is 1.82. The summed E-state index contributed by atoms with van der Waals surface area (Å²) in [6.45, 7) is 11.1. The number of hydrogen-bond acceptors (Lipinski definition) is 3. The molecule has 0 fully saturated rings. The molecular formula is C17H29N3O. The first kappa shape index (κ1) is 17.5. The molecule has 1 aromatic carbocycles. The molecule has 0 spiro atoms. The van der Waals surface area contributed by atoms with Gasteiger partial charge in [0, 0.05) is 31.5 Å². The van der Waals surface area contributed by atoms with Crippen molar-refractivity contribution in [3.8, 4) is 0 Å². The van der Waals surface area contributed by atoms with Crippen LogP contribution in [-0.4, -0.2) is 37.5 Å². The molecule has 0 aliphatic heterocycles. The second kappa shape index (κ2) is 8.03. The zero-order valence-corrected chi connectivity index (χ0v) is 14.0. The van der Waals surface area contributed by atoms with E-state index in [2.05, 4.69) is 32.6 Å². The number of rotatable bonds is 7. The lowest BCUT2D eigenvalue weighted by Crippen LogP contribution is -2.41. The number of hydrogen-bond donors (Lipinski definition) is 1. The van der Waals surface area contributed by atoms with Crippen molar-refractivity contribution in [1.82, 2.24) is 4.90 Å². The summed E-state index contributed by atoms with van der Waals surface area (Å²) >= 11 is 0. The fourth-order valence-corrected chi connectivity index (χ4v) is 2.38. The molecule has 1 amide bonds. The fraction of sp³-hybridized carbons (Fsp3) is 0.588. The van der Waals surface area contributed by atoms with Gasteiger partial charge < -0.3 is 10.6 Å². The molecule has 0 radical (unpaired) electrons. The highest BCUT2D eigenvalue weighted by molar-refractivity contribution is 5.94. The van der Waals surface area contributed by atoms with E-state index >= 15 is 0 Å². The van der Waals surface area contributed by atoms with E-state index in [9.17, 15) is 4.79 Å². The minimum absolute atomic E-state index is 0.112.